The third-order valence-electron chi connectivity index (χ3n) is 4.12. The maximum atomic E-state index is 12.6. The smallest absolute Gasteiger partial charge is 0.322 e. The van der Waals surface area contributed by atoms with Crippen LogP contribution in [0.5, 0.6) is 0 Å². The van der Waals surface area contributed by atoms with Gasteiger partial charge in [0.15, 0.2) is 5.65 Å². The summed E-state index contributed by atoms with van der Waals surface area (Å²) in [6.07, 6.45) is 1.60. The van der Waals surface area contributed by atoms with Crippen LogP contribution in [-0.4, -0.2) is 38.3 Å². The molecular weight excluding hydrogens is 332 g/mol. The normalized spacial score (nSPS) is 11.1. The van der Waals surface area contributed by atoms with Crippen molar-refractivity contribution in [3.8, 4) is 11.3 Å². The molecule has 0 saturated carbocycles. The summed E-state index contributed by atoms with van der Waals surface area (Å²) in [6.45, 7) is 5.50. The van der Waals surface area contributed by atoms with E-state index in [-0.39, 0.29) is 6.04 Å². The van der Waals surface area contributed by atoms with Gasteiger partial charge in [-0.05, 0) is 32.4 Å². The number of hydrogen-bond acceptors (Lipinski definition) is 4. The molecule has 1 amide bonds. The van der Waals surface area contributed by atoms with Gasteiger partial charge in [0.25, 0.3) is 5.91 Å². The summed E-state index contributed by atoms with van der Waals surface area (Å²) in [5, 5.41) is 16.2. The molecule has 3 rings (SSSR count). The molecule has 0 aliphatic carbocycles. The number of aliphatic carboxylic acids is 1. The number of carbonyl (C=O) groups excluding carboxylic acids is 1. The van der Waals surface area contributed by atoms with E-state index in [1.807, 2.05) is 45.0 Å². The summed E-state index contributed by atoms with van der Waals surface area (Å²) in [6, 6.07) is 9.54. The van der Waals surface area contributed by atoms with E-state index in [1.165, 1.54) is 0 Å². The number of carboxylic acid groups (broad SMARTS) is 1. The molecule has 26 heavy (non-hydrogen) atoms. The highest BCUT2D eigenvalue weighted by atomic mass is 16.4. The first kappa shape index (κ1) is 17.6. The molecule has 2 aromatic heterocycles. The second-order valence-electron chi connectivity index (χ2n) is 6.37. The minimum absolute atomic E-state index is 0.0713. The van der Waals surface area contributed by atoms with Crippen molar-refractivity contribution in [2.45, 2.75) is 26.8 Å². The van der Waals surface area contributed by atoms with Gasteiger partial charge in [-0.2, -0.15) is 5.10 Å². The summed E-state index contributed by atoms with van der Waals surface area (Å²) in [7, 11) is 0. The fraction of sp³-hybridized carbons (Fsp3) is 0.263. The minimum Gasteiger partial charge on any atom is -0.480 e. The molecule has 7 nitrogen and oxygen atoms in total. The molecule has 0 unspecified atom stereocenters. The summed E-state index contributed by atoms with van der Waals surface area (Å²) in [4.78, 5) is 28.1. The van der Waals surface area contributed by atoms with E-state index >= 15 is 0 Å². The largest absolute Gasteiger partial charge is 0.480 e. The number of hydrogen-bond donors (Lipinski definition) is 2. The van der Waals surface area contributed by atoms with Gasteiger partial charge in [-0.15, -0.1) is 0 Å². The zero-order valence-corrected chi connectivity index (χ0v) is 14.9. The first-order valence-corrected chi connectivity index (χ1v) is 8.32. The fourth-order valence-electron chi connectivity index (χ4n) is 2.83. The average molecular weight is 352 g/mol. The van der Waals surface area contributed by atoms with E-state index in [0.717, 1.165) is 11.1 Å². The lowest BCUT2D eigenvalue weighted by molar-refractivity contribution is -0.135. The van der Waals surface area contributed by atoms with Crippen molar-refractivity contribution >= 4 is 22.9 Å². The lowest BCUT2D eigenvalue weighted by Crippen LogP contribution is -2.29. The van der Waals surface area contributed by atoms with Crippen molar-refractivity contribution in [2.24, 2.45) is 0 Å². The Bertz CT molecular complexity index is 992. The number of aromatic nitrogens is 3. The predicted molar refractivity (Wildman–Crippen MR) is 98.1 cm³/mol. The van der Waals surface area contributed by atoms with Crippen molar-refractivity contribution in [3.05, 3.63) is 47.7 Å². The van der Waals surface area contributed by atoms with Gasteiger partial charge in [0.05, 0.1) is 22.8 Å². The van der Waals surface area contributed by atoms with E-state index in [1.54, 1.807) is 16.9 Å². The van der Waals surface area contributed by atoms with Crippen LogP contribution >= 0.6 is 0 Å². The van der Waals surface area contributed by atoms with E-state index in [2.05, 4.69) is 10.4 Å². The highest BCUT2D eigenvalue weighted by molar-refractivity contribution is 6.07. The van der Waals surface area contributed by atoms with Crippen LogP contribution in [0.2, 0.25) is 0 Å². The molecule has 1 aromatic carbocycles. The number of carbonyl (C=O) groups is 2. The van der Waals surface area contributed by atoms with E-state index in [0.29, 0.717) is 22.3 Å². The molecule has 2 heterocycles. The van der Waals surface area contributed by atoms with Crippen molar-refractivity contribution in [3.63, 3.8) is 0 Å². The molecule has 0 atom stereocenters. The summed E-state index contributed by atoms with van der Waals surface area (Å²) < 4.78 is 1.76. The molecule has 3 aromatic rings. The Labute approximate surface area is 150 Å². The molecule has 0 radical (unpaired) electrons. The number of rotatable bonds is 5. The van der Waals surface area contributed by atoms with E-state index in [4.69, 9.17) is 10.1 Å². The van der Waals surface area contributed by atoms with Crippen LogP contribution in [0.4, 0.5) is 0 Å². The Kier molecular flexibility index (Phi) is 4.71. The second-order valence-corrected chi connectivity index (χ2v) is 6.37. The van der Waals surface area contributed by atoms with Gasteiger partial charge in [0, 0.05) is 11.6 Å². The van der Waals surface area contributed by atoms with Crippen molar-refractivity contribution in [2.75, 3.05) is 6.54 Å². The van der Waals surface area contributed by atoms with Crippen molar-refractivity contribution in [1.29, 1.82) is 0 Å². The van der Waals surface area contributed by atoms with Crippen LogP contribution in [0, 0.1) is 6.92 Å². The van der Waals surface area contributed by atoms with E-state index in [9.17, 15) is 9.59 Å². The molecular formula is C19H20N4O3. The predicted octanol–water partition coefficient (Wildman–Crippen LogP) is 2.80. The molecule has 0 aliphatic rings. The standard InChI is InChI=1S/C19H20N4O3/c1-11(2)23-18-15(9-21-23)14(19(26)20-10-17(24)25)8-16(22-18)13-7-5-4-6-12(13)3/h4-9,11H,10H2,1-3H3,(H,20,26)(H,24,25). The Morgan fingerprint density at radius 1 is 1.27 bits per heavy atom. The summed E-state index contributed by atoms with van der Waals surface area (Å²) >= 11 is 0. The number of aryl methyl sites for hydroxylation is 1. The second kappa shape index (κ2) is 6.95. The van der Waals surface area contributed by atoms with Gasteiger partial charge in [-0.25, -0.2) is 9.67 Å². The van der Waals surface area contributed by atoms with Gasteiger partial charge >= 0.3 is 5.97 Å². The van der Waals surface area contributed by atoms with Crippen LogP contribution in [0.1, 0.15) is 35.8 Å². The SMILES string of the molecule is Cc1ccccc1-c1cc(C(=O)NCC(=O)O)c2cnn(C(C)C)c2n1. The molecule has 0 bridgehead atoms. The number of benzene rings is 1. The zero-order valence-electron chi connectivity index (χ0n) is 14.9. The van der Waals surface area contributed by atoms with E-state index < -0.39 is 18.4 Å². The maximum Gasteiger partial charge on any atom is 0.322 e. The maximum absolute atomic E-state index is 12.6. The Morgan fingerprint density at radius 3 is 2.65 bits per heavy atom. The molecule has 0 spiro atoms. The van der Waals surface area contributed by atoms with Crippen LogP contribution in [0.3, 0.4) is 0 Å². The minimum atomic E-state index is -1.10. The Balaban J connectivity index is 2.20. The van der Waals surface area contributed by atoms with Crippen LogP contribution < -0.4 is 5.32 Å². The fourth-order valence-corrected chi connectivity index (χ4v) is 2.83. The van der Waals surface area contributed by atoms with Crippen LogP contribution in [-0.2, 0) is 4.79 Å². The third kappa shape index (κ3) is 3.28. The van der Waals surface area contributed by atoms with Crippen LogP contribution in [0.25, 0.3) is 22.3 Å². The molecule has 134 valence electrons. The Morgan fingerprint density at radius 2 is 2.00 bits per heavy atom. The van der Waals surface area contributed by atoms with Gasteiger partial charge in [0.1, 0.15) is 6.54 Å². The van der Waals surface area contributed by atoms with Crippen molar-refractivity contribution in [1.82, 2.24) is 20.1 Å². The average Bonchev–Trinajstić information content (AvgIpc) is 3.03. The summed E-state index contributed by atoms with van der Waals surface area (Å²) in [5.41, 5.74) is 3.56. The quantitative estimate of drug-likeness (QED) is 0.736. The molecule has 7 heteroatoms. The number of nitrogens with zero attached hydrogens (tertiary/aromatic N) is 3. The highest BCUT2D eigenvalue weighted by Crippen LogP contribution is 2.28. The zero-order chi connectivity index (χ0) is 18.8. The van der Waals surface area contributed by atoms with Gasteiger partial charge in [-0.3, -0.25) is 9.59 Å². The van der Waals surface area contributed by atoms with Gasteiger partial charge < -0.3 is 10.4 Å². The lowest BCUT2D eigenvalue weighted by atomic mass is 10.0. The number of carboxylic acids is 1. The molecule has 0 saturated heterocycles. The Hall–Kier alpha value is -3.22. The van der Waals surface area contributed by atoms with Gasteiger partial charge in [0.2, 0.25) is 0 Å². The summed E-state index contributed by atoms with van der Waals surface area (Å²) in [5.74, 6) is -1.56. The number of pyridine rings is 1. The lowest BCUT2D eigenvalue weighted by Gasteiger charge is -2.11. The van der Waals surface area contributed by atoms with Crippen molar-refractivity contribution < 1.29 is 14.7 Å². The number of fused-ring (bicyclic) bond motifs is 1. The molecule has 0 fully saturated rings. The molecule has 2 N–H and O–H groups in total. The van der Waals surface area contributed by atoms with Crippen LogP contribution in [0.15, 0.2) is 36.5 Å². The third-order valence-corrected chi connectivity index (χ3v) is 4.12. The number of nitrogens with one attached hydrogen (secondary N) is 1. The van der Waals surface area contributed by atoms with Gasteiger partial charge in [-0.1, -0.05) is 24.3 Å². The first-order valence-electron chi connectivity index (χ1n) is 8.32. The monoisotopic (exact) mass is 352 g/mol. The first-order chi connectivity index (χ1) is 12.4. The number of amides is 1. The highest BCUT2D eigenvalue weighted by Gasteiger charge is 2.19. The molecule has 0 aliphatic heterocycles. The topological polar surface area (TPSA) is 97.1 Å².